The van der Waals surface area contributed by atoms with Gasteiger partial charge in [0.05, 0.1) is 11.8 Å². The fourth-order valence-electron chi connectivity index (χ4n) is 7.32. The number of likely N-dealkylation sites (tertiary alicyclic amines) is 1. The molecule has 41 heavy (non-hydrogen) atoms. The maximum atomic E-state index is 13.9. The SMILES string of the molecule is CCCCN1C(=O)C(C(O)C2CCCCC2)NC(=O)C12CCN(Cc1c(C)nn(CCc3ccccc3)c1C)CC2. The second-order valence-corrected chi connectivity index (χ2v) is 12.6. The van der Waals surface area contributed by atoms with Crippen LogP contribution in [0.4, 0.5) is 0 Å². The number of carbonyl (C=O) groups excluding carboxylic acids is 2. The molecule has 2 atom stereocenters. The molecule has 0 bridgehead atoms. The van der Waals surface area contributed by atoms with Crippen molar-refractivity contribution in [2.45, 2.75) is 116 Å². The summed E-state index contributed by atoms with van der Waals surface area (Å²) in [4.78, 5) is 32.0. The lowest BCUT2D eigenvalue weighted by Crippen LogP contribution is -2.75. The minimum absolute atomic E-state index is 0.0752. The summed E-state index contributed by atoms with van der Waals surface area (Å²) in [6.45, 7) is 10.1. The van der Waals surface area contributed by atoms with Gasteiger partial charge in [0.2, 0.25) is 11.8 Å². The minimum Gasteiger partial charge on any atom is -0.390 e. The molecule has 2 aromatic rings. The Morgan fingerprint density at radius 2 is 1.76 bits per heavy atom. The van der Waals surface area contributed by atoms with Crippen molar-refractivity contribution >= 4 is 11.8 Å². The molecule has 3 aliphatic rings. The van der Waals surface area contributed by atoms with Crippen LogP contribution in [0.15, 0.2) is 30.3 Å². The molecule has 2 unspecified atom stereocenters. The number of aliphatic hydroxyl groups excluding tert-OH is 1. The molecule has 2 N–H and O–H groups in total. The first kappa shape index (κ1) is 29.8. The molecule has 3 heterocycles. The molecule has 5 rings (SSSR count). The Balaban J connectivity index is 1.25. The van der Waals surface area contributed by atoms with Crippen LogP contribution in [-0.2, 0) is 29.1 Å². The third kappa shape index (κ3) is 6.24. The van der Waals surface area contributed by atoms with Gasteiger partial charge in [-0.25, -0.2) is 0 Å². The van der Waals surface area contributed by atoms with Crippen molar-refractivity contribution in [1.82, 2.24) is 24.9 Å². The number of aliphatic hydroxyl groups is 1. The zero-order valence-electron chi connectivity index (χ0n) is 25.3. The number of piperazine rings is 1. The average molecular weight is 564 g/mol. The summed E-state index contributed by atoms with van der Waals surface area (Å²) in [6, 6.07) is 9.69. The molecule has 1 saturated carbocycles. The van der Waals surface area contributed by atoms with Crippen molar-refractivity contribution in [2.24, 2.45) is 5.92 Å². The number of nitrogens with zero attached hydrogens (tertiary/aromatic N) is 4. The van der Waals surface area contributed by atoms with Crippen molar-refractivity contribution in [3.63, 3.8) is 0 Å². The van der Waals surface area contributed by atoms with E-state index in [2.05, 4.69) is 59.9 Å². The van der Waals surface area contributed by atoms with Crippen molar-refractivity contribution in [3.8, 4) is 0 Å². The predicted octanol–water partition coefficient (Wildman–Crippen LogP) is 4.15. The van der Waals surface area contributed by atoms with Crippen molar-refractivity contribution in [2.75, 3.05) is 19.6 Å². The lowest BCUT2D eigenvalue weighted by atomic mass is 9.78. The van der Waals surface area contributed by atoms with E-state index >= 15 is 0 Å². The van der Waals surface area contributed by atoms with E-state index in [1.54, 1.807) is 0 Å². The maximum absolute atomic E-state index is 13.9. The van der Waals surface area contributed by atoms with Gasteiger partial charge in [0.25, 0.3) is 0 Å². The Hall–Kier alpha value is -2.71. The van der Waals surface area contributed by atoms with E-state index in [9.17, 15) is 14.7 Å². The molecular weight excluding hydrogens is 514 g/mol. The molecule has 0 radical (unpaired) electrons. The largest absolute Gasteiger partial charge is 0.390 e. The number of piperidine rings is 1. The molecule has 2 saturated heterocycles. The highest BCUT2D eigenvalue weighted by Gasteiger charge is 2.55. The zero-order valence-corrected chi connectivity index (χ0v) is 25.3. The van der Waals surface area contributed by atoms with Gasteiger partial charge < -0.3 is 15.3 Å². The van der Waals surface area contributed by atoms with E-state index in [1.165, 1.54) is 23.2 Å². The highest BCUT2D eigenvalue weighted by Crippen LogP contribution is 2.36. The summed E-state index contributed by atoms with van der Waals surface area (Å²) < 4.78 is 2.13. The van der Waals surface area contributed by atoms with Crippen LogP contribution in [0.5, 0.6) is 0 Å². The van der Waals surface area contributed by atoms with Crippen molar-refractivity contribution in [1.29, 1.82) is 0 Å². The van der Waals surface area contributed by atoms with Crippen molar-refractivity contribution < 1.29 is 14.7 Å². The smallest absolute Gasteiger partial charge is 0.248 e. The Kier molecular flexibility index (Phi) is 9.49. The predicted molar refractivity (Wildman–Crippen MR) is 160 cm³/mol. The van der Waals surface area contributed by atoms with Crippen LogP contribution in [0, 0.1) is 19.8 Å². The first-order chi connectivity index (χ1) is 19.8. The second-order valence-electron chi connectivity index (χ2n) is 12.6. The van der Waals surface area contributed by atoms with Gasteiger partial charge in [-0.2, -0.15) is 5.10 Å². The van der Waals surface area contributed by atoms with Gasteiger partial charge in [-0.05, 0) is 63.9 Å². The van der Waals surface area contributed by atoms with Gasteiger partial charge >= 0.3 is 0 Å². The summed E-state index contributed by atoms with van der Waals surface area (Å²) in [6.07, 6.45) is 8.38. The minimum atomic E-state index is -0.824. The van der Waals surface area contributed by atoms with E-state index in [-0.39, 0.29) is 17.7 Å². The number of hydrogen-bond donors (Lipinski definition) is 2. The van der Waals surface area contributed by atoms with Gasteiger partial charge in [0.1, 0.15) is 11.6 Å². The van der Waals surface area contributed by atoms with Gasteiger partial charge in [-0.15, -0.1) is 0 Å². The van der Waals surface area contributed by atoms with Crippen LogP contribution >= 0.6 is 0 Å². The molecule has 1 spiro atoms. The Labute approximate surface area is 245 Å². The lowest BCUT2D eigenvalue weighted by Gasteiger charge is -2.52. The second kappa shape index (κ2) is 13.1. The molecule has 8 nitrogen and oxygen atoms in total. The summed E-state index contributed by atoms with van der Waals surface area (Å²) in [5.74, 6) is -0.0771. The van der Waals surface area contributed by atoms with E-state index in [0.717, 1.165) is 76.8 Å². The van der Waals surface area contributed by atoms with E-state index < -0.39 is 17.7 Å². The zero-order chi connectivity index (χ0) is 29.0. The number of carbonyl (C=O) groups is 2. The maximum Gasteiger partial charge on any atom is 0.248 e. The first-order valence-electron chi connectivity index (χ1n) is 15.9. The van der Waals surface area contributed by atoms with Gasteiger partial charge in [-0.3, -0.25) is 19.2 Å². The third-order valence-electron chi connectivity index (χ3n) is 10.0. The third-order valence-corrected chi connectivity index (χ3v) is 10.0. The lowest BCUT2D eigenvalue weighted by molar-refractivity contribution is -0.166. The summed E-state index contributed by atoms with van der Waals surface area (Å²) in [7, 11) is 0. The van der Waals surface area contributed by atoms with Crippen LogP contribution < -0.4 is 5.32 Å². The number of nitrogens with one attached hydrogen (secondary N) is 1. The van der Waals surface area contributed by atoms with Gasteiger partial charge in [0, 0.05) is 44.0 Å². The van der Waals surface area contributed by atoms with Crippen LogP contribution in [0.1, 0.15) is 87.2 Å². The van der Waals surface area contributed by atoms with Crippen LogP contribution in [0.2, 0.25) is 0 Å². The molecule has 3 fully saturated rings. The summed E-state index contributed by atoms with van der Waals surface area (Å²) >= 11 is 0. The number of unbranched alkanes of at least 4 members (excludes halogenated alkanes) is 1. The van der Waals surface area contributed by atoms with Crippen molar-refractivity contribution in [3.05, 3.63) is 52.8 Å². The Morgan fingerprint density at radius 1 is 1.05 bits per heavy atom. The standard InChI is InChI=1S/C33H49N5O3/c1-4-5-19-37-31(40)29(30(39)27-14-10-7-11-15-27)34-32(41)33(37)17-21-36(22-18-33)23-28-24(2)35-38(25(28)3)20-16-26-12-8-6-9-13-26/h6,8-9,12-13,27,29-30,39H,4-5,7,10-11,14-23H2,1-3H3,(H,34,41). The quantitative estimate of drug-likeness (QED) is 0.453. The van der Waals surface area contributed by atoms with Gasteiger partial charge in [0.15, 0.2) is 0 Å². The number of hydrogen-bond acceptors (Lipinski definition) is 5. The van der Waals surface area contributed by atoms with Crippen LogP contribution in [0.25, 0.3) is 0 Å². The summed E-state index contributed by atoms with van der Waals surface area (Å²) in [5, 5.41) is 19.1. The highest BCUT2D eigenvalue weighted by molar-refractivity contribution is 6.00. The van der Waals surface area contributed by atoms with E-state index in [1.807, 2.05) is 11.0 Å². The molecule has 1 aliphatic carbocycles. The molecular formula is C33H49N5O3. The number of benzene rings is 1. The number of aromatic nitrogens is 2. The van der Waals surface area contributed by atoms with Gasteiger partial charge in [-0.1, -0.05) is 62.9 Å². The van der Waals surface area contributed by atoms with E-state index in [0.29, 0.717) is 19.4 Å². The fraction of sp³-hybridized carbons (Fsp3) is 0.667. The van der Waals surface area contributed by atoms with E-state index in [4.69, 9.17) is 5.10 Å². The van der Waals surface area contributed by atoms with Crippen LogP contribution in [-0.4, -0.2) is 73.8 Å². The normalized spacial score (nSPS) is 22.7. The number of aryl methyl sites for hydroxylation is 3. The van der Waals surface area contributed by atoms with Crippen LogP contribution in [0.3, 0.4) is 0 Å². The fourth-order valence-corrected chi connectivity index (χ4v) is 7.32. The Morgan fingerprint density at radius 3 is 2.44 bits per heavy atom. The topological polar surface area (TPSA) is 90.7 Å². The molecule has 1 aromatic heterocycles. The first-order valence-corrected chi connectivity index (χ1v) is 15.9. The molecule has 2 amide bonds. The molecule has 8 heteroatoms. The molecule has 224 valence electrons. The molecule has 2 aliphatic heterocycles. The summed E-state index contributed by atoms with van der Waals surface area (Å²) in [5.41, 5.74) is 4.01. The Bertz CT molecular complexity index is 1180. The number of amides is 2. The monoisotopic (exact) mass is 563 g/mol. The number of rotatable bonds is 10. The average Bonchev–Trinajstić information content (AvgIpc) is 3.27. The molecule has 1 aromatic carbocycles. The highest BCUT2D eigenvalue weighted by atomic mass is 16.3.